The van der Waals surface area contributed by atoms with Gasteiger partial charge >= 0.3 is 0 Å². The number of carbonyl (C=O) groups excluding carboxylic acids is 2. The van der Waals surface area contributed by atoms with Crippen LogP contribution in [0, 0.1) is 17.6 Å². The summed E-state index contributed by atoms with van der Waals surface area (Å²) in [5, 5.41) is 2.85. The minimum absolute atomic E-state index is 0.0230. The number of benzene rings is 2. The molecular formula is C21H22F2N2O2. The second kappa shape index (κ2) is 8.29. The van der Waals surface area contributed by atoms with E-state index < -0.39 is 17.6 Å². The Morgan fingerprint density at radius 3 is 2.59 bits per heavy atom. The first-order valence-corrected chi connectivity index (χ1v) is 9.08. The Morgan fingerprint density at radius 2 is 1.89 bits per heavy atom. The zero-order valence-corrected chi connectivity index (χ0v) is 15.1. The number of hydrogen-bond acceptors (Lipinski definition) is 2. The van der Waals surface area contributed by atoms with Crippen molar-refractivity contribution in [2.24, 2.45) is 5.92 Å². The molecule has 1 aliphatic heterocycles. The van der Waals surface area contributed by atoms with Crippen molar-refractivity contribution in [1.82, 2.24) is 10.2 Å². The number of hydrogen-bond donors (Lipinski definition) is 1. The van der Waals surface area contributed by atoms with Gasteiger partial charge in [-0.25, -0.2) is 8.78 Å². The molecule has 1 aliphatic rings. The van der Waals surface area contributed by atoms with Crippen molar-refractivity contribution in [2.45, 2.75) is 19.3 Å². The predicted molar refractivity (Wildman–Crippen MR) is 98.2 cm³/mol. The van der Waals surface area contributed by atoms with Crippen LogP contribution in [0.3, 0.4) is 0 Å². The van der Waals surface area contributed by atoms with Crippen LogP contribution in [0.25, 0.3) is 0 Å². The molecule has 27 heavy (non-hydrogen) atoms. The second-order valence-electron chi connectivity index (χ2n) is 6.75. The summed E-state index contributed by atoms with van der Waals surface area (Å²) in [5.41, 5.74) is 0.639. The summed E-state index contributed by atoms with van der Waals surface area (Å²) in [7, 11) is 0. The monoisotopic (exact) mass is 372 g/mol. The normalized spacial score (nSPS) is 19.1. The van der Waals surface area contributed by atoms with Crippen LogP contribution in [0.2, 0.25) is 0 Å². The van der Waals surface area contributed by atoms with Crippen LogP contribution < -0.4 is 5.32 Å². The number of carbonyl (C=O) groups is 2. The Morgan fingerprint density at radius 1 is 1.11 bits per heavy atom. The van der Waals surface area contributed by atoms with Crippen LogP contribution in [0.4, 0.5) is 8.78 Å². The SMILES string of the molecule is CCCNC(=O)[C@@H]1CN(C(=O)c2ccccc2F)C[C@@H]1c1cccc(F)c1. The number of halogens is 2. The molecule has 1 fully saturated rings. The predicted octanol–water partition coefficient (Wildman–Crippen LogP) is 3.35. The second-order valence-corrected chi connectivity index (χ2v) is 6.75. The molecule has 142 valence electrons. The highest BCUT2D eigenvalue weighted by Gasteiger charge is 2.40. The van der Waals surface area contributed by atoms with E-state index >= 15 is 0 Å². The number of nitrogens with zero attached hydrogens (tertiary/aromatic N) is 1. The molecule has 0 unspecified atom stereocenters. The minimum Gasteiger partial charge on any atom is -0.356 e. The molecule has 2 aromatic rings. The lowest BCUT2D eigenvalue weighted by molar-refractivity contribution is -0.124. The fraction of sp³-hybridized carbons (Fsp3) is 0.333. The van der Waals surface area contributed by atoms with Crippen LogP contribution in [-0.2, 0) is 4.79 Å². The zero-order chi connectivity index (χ0) is 19.4. The Bertz CT molecular complexity index is 840. The third-order valence-corrected chi connectivity index (χ3v) is 4.87. The third-order valence-electron chi connectivity index (χ3n) is 4.87. The van der Waals surface area contributed by atoms with Gasteiger partial charge in [0, 0.05) is 25.6 Å². The van der Waals surface area contributed by atoms with Gasteiger partial charge in [-0.15, -0.1) is 0 Å². The molecule has 2 aromatic carbocycles. The van der Waals surface area contributed by atoms with Crippen molar-refractivity contribution < 1.29 is 18.4 Å². The van der Waals surface area contributed by atoms with Gasteiger partial charge in [-0.3, -0.25) is 9.59 Å². The summed E-state index contributed by atoms with van der Waals surface area (Å²) in [6.07, 6.45) is 0.793. The van der Waals surface area contributed by atoms with Crippen molar-refractivity contribution >= 4 is 11.8 Å². The molecule has 0 radical (unpaired) electrons. The smallest absolute Gasteiger partial charge is 0.256 e. The van der Waals surface area contributed by atoms with Gasteiger partial charge in [-0.2, -0.15) is 0 Å². The standard InChI is InChI=1S/C21H22F2N2O2/c1-2-10-24-20(26)18-13-25(21(27)16-8-3-4-9-19(16)23)12-17(18)14-6-5-7-15(22)11-14/h3-9,11,17-18H,2,10,12-13H2,1H3,(H,24,26)/t17-,18-/m1/s1. The van der Waals surface area contributed by atoms with Gasteiger partial charge in [0.15, 0.2) is 0 Å². The molecule has 3 rings (SSSR count). The summed E-state index contributed by atoms with van der Waals surface area (Å²) in [4.78, 5) is 26.9. The molecule has 0 spiro atoms. The quantitative estimate of drug-likeness (QED) is 0.875. The summed E-state index contributed by atoms with van der Waals surface area (Å²) in [5.74, 6) is -2.46. The van der Waals surface area contributed by atoms with Crippen LogP contribution >= 0.6 is 0 Å². The summed E-state index contributed by atoms with van der Waals surface area (Å²) in [6.45, 7) is 2.89. The highest BCUT2D eigenvalue weighted by molar-refractivity contribution is 5.95. The van der Waals surface area contributed by atoms with Gasteiger partial charge in [0.25, 0.3) is 5.91 Å². The van der Waals surface area contributed by atoms with Crippen molar-refractivity contribution in [2.75, 3.05) is 19.6 Å². The maximum Gasteiger partial charge on any atom is 0.256 e. The average Bonchev–Trinajstić information content (AvgIpc) is 3.11. The lowest BCUT2D eigenvalue weighted by Crippen LogP contribution is -2.36. The van der Waals surface area contributed by atoms with Crippen LogP contribution in [0.5, 0.6) is 0 Å². The van der Waals surface area contributed by atoms with Crippen LogP contribution in [-0.4, -0.2) is 36.3 Å². The Hall–Kier alpha value is -2.76. The van der Waals surface area contributed by atoms with Crippen LogP contribution in [0.15, 0.2) is 48.5 Å². The molecule has 0 aromatic heterocycles. The molecule has 2 amide bonds. The number of amides is 2. The molecular weight excluding hydrogens is 350 g/mol. The van der Waals surface area contributed by atoms with Crippen molar-refractivity contribution in [3.05, 3.63) is 71.3 Å². The fourth-order valence-corrected chi connectivity index (χ4v) is 3.49. The molecule has 1 saturated heterocycles. The lowest BCUT2D eigenvalue weighted by atomic mass is 9.88. The Labute approximate surface area is 157 Å². The van der Waals surface area contributed by atoms with Crippen molar-refractivity contribution in [3.63, 3.8) is 0 Å². The maximum absolute atomic E-state index is 14.0. The van der Waals surface area contributed by atoms with Crippen LogP contribution in [0.1, 0.15) is 35.2 Å². The Balaban J connectivity index is 1.87. The van der Waals surface area contributed by atoms with Gasteiger partial charge in [0.2, 0.25) is 5.91 Å². The number of likely N-dealkylation sites (tertiary alicyclic amines) is 1. The summed E-state index contributed by atoms with van der Waals surface area (Å²) in [6, 6.07) is 11.9. The number of rotatable bonds is 5. The molecule has 6 heteroatoms. The van der Waals surface area contributed by atoms with E-state index in [4.69, 9.17) is 0 Å². The fourth-order valence-electron chi connectivity index (χ4n) is 3.49. The summed E-state index contributed by atoms with van der Waals surface area (Å²) >= 11 is 0. The molecule has 4 nitrogen and oxygen atoms in total. The number of nitrogens with one attached hydrogen (secondary N) is 1. The van der Waals surface area contributed by atoms with E-state index in [1.165, 1.54) is 35.2 Å². The van der Waals surface area contributed by atoms with E-state index in [1.54, 1.807) is 18.2 Å². The highest BCUT2D eigenvalue weighted by Crippen LogP contribution is 2.34. The first kappa shape index (κ1) is 19.0. The molecule has 0 saturated carbocycles. The summed E-state index contributed by atoms with van der Waals surface area (Å²) < 4.78 is 27.7. The van der Waals surface area contributed by atoms with E-state index in [0.29, 0.717) is 12.1 Å². The average molecular weight is 372 g/mol. The van der Waals surface area contributed by atoms with Gasteiger partial charge < -0.3 is 10.2 Å². The highest BCUT2D eigenvalue weighted by atomic mass is 19.1. The van der Waals surface area contributed by atoms with Crippen molar-refractivity contribution in [3.8, 4) is 0 Å². The van der Waals surface area contributed by atoms with Crippen molar-refractivity contribution in [1.29, 1.82) is 0 Å². The van der Waals surface area contributed by atoms with E-state index in [-0.39, 0.29) is 36.3 Å². The minimum atomic E-state index is -0.594. The largest absolute Gasteiger partial charge is 0.356 e. The zero-order valence-electron chi connectivity index (χ0n) is 15.1. The molecule has 1 N–H and O–H groups in total. The first-order chi connectivity index (χ1) is 13.0. The topological polar surface area (TPSA) is 49.4 Å². The van der Waals surface area contributed by atoms with Gasteiger partial charge in [-0.05, 0) is 36.2 Å². The van der Waals surface area contributed by atoms with E-state index in [0.717, 1.165) is 6.42 Å². The van der Waals surface area contributed by atoms with E-state index in [1.807, 2.05) is 6.92 Å². The van der Waals surface area contributed by atoms with Gasteiger partial charge in [-0.1, -0.05) is 31.2 Å². The van der Waals surface area contributed by atoms with Gasteiger partial charge in [0.05, 0.1) is 11.5 Å². The first-order valence-electron chi connectivity index (χ1n) is 9.08. The molecule has 1 heterocycles. The Kier molecular flexibility index (Phi) is 5.84. The van der Waals surface area contributed by atoms with Gasteiger partial charge in [0.1, 0.15) is 11.6 Å². The molecule has 2 atom stereocenters. The lowest BCUT2D eigenvalue weighted by Gasteiger charge is -2.18. The van der Waals surface area contributed by atoms with E-state index in [9.17, 15) is 18.4 Å². The molecule has 0 bridgehead atoms. The third kappa shape index (κ3) is 4.15. The van der Waals surface area contributed by atoms with E-state index in [2.05, 4.69) is 5.32 Å². The molecule has 0 aliphatic carbocycles. The maximum atomic E-state index is 14.0.